The van der Waals surface area contributed by atoms with Crippen LogP contribution in [0.5, 0.6) is 5.75 Å². The lowest BCUT2D eigenvalue weighted by Gasteiger charge is -2.19. The van der Waals surface area contributed by atoms with Crippen molar-refractivity contribution in [2.45, 2.75) is 26.2 Å². The number of benzene rings is 1. The molecule has 2 rings (SSSR count). The molecule has 0 saturated heterocycles. The Morgan fingerprint density at radius 2 is 1.61 bits per heavy atom. The minimum atomic E-state index is 0.138. The third kappa shape index (κ3) is 2.83. The van der Waals surface area contributed by atoms with Gasteiger partial charge in [-0.1, -0.05) is 45.0 Å². The number of pyridine rings is 1. The van der Waals surface area contributed by atoms with Crippen LogP contribution in [0.1, 0.15) is 26.3 Å². The van der Waals surface area contributed by atoms with E-state index in [2.05, 4.69) is 60.5 Å². The van der Waals surface area contributed by atoms with Gasteiger partial charge in [0.2, 0.25) is 0 Å². The summed E-state index contributed by atoms with van der Waals surface area (Å²) in [5, 5.41) is 9.85. The number of aromatic hydroxyl groups is 1. The quantitative estimate of drug-likeness (QED) is 0.611. The number of hydrogen-bond donors (Lipinski definition) is 1. The van der Waals surface area contributed by atoms with E-state index in [1.807, 2.05) is 12.1 Å². The molecule has 0 bridgehead atoms. The molecule has 0 radical (unpaired) electrons. The Kier molecular flexibility index (Phi) is 3.61. The average Bonchev–Trinajstić information content (AvgIpc) is 2.31. The number of halogens is 1. The van der Waals surface area contributed by atoms with E-state index in [0.29, 0.717) is 5.69 Å². The standard InChI is InChI=1S/C15H16INO/c1-15(2,3)11-6-4-10(5-7-11)14-12(18)8-9-13(16)17-14/h4-9,18H,1-3H3. The summed E-state index contributed by atoms with van der Waals surface area (Å²) in [6.07, 6.45) is 0. The molecule has 0 atom stereocenters. The molecule has 0 spiro atoms. The highest BCUT2D eigenvalue weighted by Crippen LogP contribution is 2.30. The van der Waals surface area contributed by atoms with Gasteiger partial charge in [0.05, 0.1) is 0 Å². The first-order chi connectivity index (χ1) is 8.38. The molecule has 0 unspecified atom stereocenters. The van der Waals surface area contributed by atoms with E-state index in [-0.39, 0.29) is 11.2 Å². The maximum Gasteiger partial charge on any atom is 0.141 e. The second kappa shape index (κ2) is 4.88. The third-order valence-corrected chi connectivity index (χ3v) is 3.47. The summed E-state index contributed by atoms with van der Waals surface area (Å²) >= 11 is 2.15. The first-order valence-electron chi connectivity index (χ1n) is 5.84. The second-order valence-electron chi connectivity index (χ2n) is 5.33. The normalized spacial score (nSPS) is 11.6. The molecule has 18 heavy (non-hydrogen) atoms. The van der Waals surface area contributed by atoms with Crippen LogP contribution >= 0.6 is 22.6 Å². The Hall–Kier alpha value is -1.10. The summed E-state index contributed by atoms with van der Waals surface area (Å²) in [5.41, 5.74) is 3.00. The Morgan fingerprint density at radius 1 is 1.00 bits per heavy atom. The molecule has 0 fully saturated rings. The molecule has 1 N–H and O–H groups in total. The van der Waals surface area contributed by atoms with E-state index in [1.54, 1.807) is 12.1 Å². The van der Waals surface area contributed by atoms with Gasteiger partial charge in [-0.2, -0.15) is 0 Å². The molecule has 94 valence electrons. The van der Waals surface area contributed by atoms with Crippen LogP contribution in [-0.4, -0.2) is 10.1 Å². The van der Waals surface area contributed by atoms with E-state index in [4.69, 9.17) is 0 Å². The molecule has 1 aromatic carbocycles. The van der Waals surface area contributed by atoms with E-state index in [1.165, 1.54) is 5.56 Å². The van der Waals surface area contributed by atoms with Gasteiger partial charge < -0.3 is 5.11 Å². The Morgan fingerprint density at radius 3 is 2.17 bits per heavy atom. The number of hydrogen-bond acceptors (Lipinski definition) is 2. The van der Waals surface area contributed by atoms with Gasteiger partial charge in [0.1, 0.15) is 15.1 Å². The molecule has 1 heterocycles. The van der Waals surface area contributed by atoms with Gasteiger partial charge in [-0.05, 0) is 45.7 Å². The summed E-state index contributed by atoms with van der Waals surface area (Å²) in [6.45, 7) is 6.55. The smallest absolute Gasteiger partial charge is 0.141 e. The maximum absolute atomic E-state index is 9.85. The van der Waals surface area contributed by atoms with Crippen LogP contribution in [0.2, 0.25) is 0 Å². The molecular weight excluding hydrogens is 337 g/mol. The third-order valence-electron chi connectivity index (χ3n) is 2.86. The van der Waals surface area contributed by atoms with Gasteiger partial charge in [-0.25, -0.2) is 4.98 Å². The summed E-state index contributed by atoms with van der Waals surface area (Å²) < 4.78 is 0.875. The monoisotopic (exact) mass is 353 g/mol. The van der Waals surface area contributed by atoms with Gasteiger partial charge in [-0.3, -0.25) is 0 Å². The summed E-state index contributed by atoms with van der Waals surface area (Å²) in [4.78, 5) is 4.37. The van der Waals surface area contributed by atoms with Crippen molar-refractivity contribution in [3.63, 3.8) is 0 Å². The molecule has 0 amide bonds. The number of aromatic nitrogens is 1. The highest BCUT2D eigenvalue weighted by Gasteiger charge is 2.14. The Bertz CT molecular complexity index is 556. The van der Waals surface area contributed by atoms with Gasteiger partial charge in [0.15, 0.2) is 0 Å². The molecule has 2 aromatic rings. The fourth-order valence-electron chi connectivity index (χ4n) is 1.77. The van der Waals surface area contributed by atoms with Gasteiger partial charge >= 0.3 is 0 Å². The topological polar surface area (TPSA) is 33.1 Å². The second-order valence-corrected chi connectivity index (χ2v) is 6.43. The van der Waals surface area contributed by atoms with Gasteiger partial charge in [0.25, 0.3) is 0 Å². The molecule has 0 aliphatic rings. The Labute approximate surface area is 121 Å². The highest BCUT2D eigenvalue weighted by molar-refractivity contribution is 14.1. The first-order valence-corrected chi connectivity index (χ1v) is 6.92. The van der Waals surface area contributed by atoms with E-state index in [0.717, 1.165) is 9.26 Å². The lowest BCUT2D eigenvalue weighted by molar-refractivity contribution is 0.475. The van der Waals surface area contributed by atoms with Crippen LogP contribution in [0.3, 0.4) is 0 Å². The summed E-state index contributed by atoms with van der Waals surface area (Å²) in [5.74, 6) is 0.221. The minimum absolute atomic E-state index is 0.138. The van der Waals surface area contributed by atoms with Gasteiger partial charge in [-0.15, -0.1) is 0 Å². The largest absolute Gasteiger partial charge is 0.506 e. The van der Waals surface area contributed by atoms with Crippen LogP contribution in [0.15, 0.2) is 36.4 Å². The van der Waals surface area contributed by atoms with E-state index >= 15 is 0 Å². The molecule has 0 saturated carbocycles. The highest BCUT2D eigenvalue weighted by atomic mass is 127. The average molecular weight is 353 g/mol. The van der Waals surface area contributed by atoms with Gasteiger partial charge in [0, 0.05) is 5.56 Å². The lowest BCUT2D eigenvalue weighted by atomic mass is 9.86. The fourth-order valence-corrected chi connectivity index (χ4v) is 2.19. The zero-order valence-electron chi connectivity index (χ0n) is 10.7. The predicted molar refractivity (Wildman–Crippen MR) is 82.8 cm³/mol. The molecule has 0 aliphatic carbocycles. The van der Waals surface area contributed by atoms with Crippen molar-refractivity contribution >= 4 is 22.6 Å². The maximum atomic E-state index is 9.85. The Balaban J connectivity index is 2.43. The molecule has 0 aliphatic heterocycles. The number of rotatable bonds is 1. The van der Waals surface area contributed by atoms with Crippen molar-refractivity contribution in [3.8, 4) is 17.0 Å². The number of nitrogens with zero attached hydrogens (tertiary/aromatic N) is 1. The van der Waals surface area contributed by atoms with Crippen LogP contribution in [0.4, 0.5) is 0 Å². The zero-order valence-corrected chi connectivity index (χ0v) is 12.9. The van der Waals surface area contributed by atoms with Crippen molar-refractivity contribution < 1.29 is 5.11 Å². The van der Waals surface area contributed by atoms with E-state index in [9.17, 15) is 5.11 Å². The van der Waals surface area contributed by atoms with Crippen molar-refractivity contribution in [1.29, 1.82) is 0 Å². The van der Waals surface area contributed by atoms with Crippen LogP contribution in [-0.2, 0) is 5.41 Å². The fraction of sp³-hybridized carbons (Fsp3) is 0.267. The summed E-state index contributed by atoms with van der Waals surface area (Å²) in [6, 6.07) is 11.7. The van der Waals surface area contributed by atoms with E-state index < -0.39 is 0 Å². The van der Waals surface area contributed by atoms with Crippen LogP contribution < -0.4 is 0 Å². The predicted octanol–water partition coefficient (Wildman–Crippen LogP) is 4.36. The molecule has 3 heteroatoms. The van der Waals surface area contributed by atoms with Crippen LogP contribution in [0.25, 0.3) is 11.3 Å². The van der Waals surface area contributed by atoms with Crippen molar-refractivity contribution in [3.05, 3.63) is 45.7 Å². The summed E-state index contributed by atoms with van der Waals surface area (Å²) in [7, 11) is 0. The first kappa shape index (κ1) is 13.3. The van der Waals surface area contributed by atoms with Crippen molar-refractivity contribution in [1.82, 2.24) is 4.98 Å². The molecular formula is C15H16INO. The SMILES string of the molecule is CC(C)(C)c1ccc(-c2nc(I)ccc2O)cc1. The minimum Gasteiger partial charge on any atom is -0.506 e. The van der Waals surface area contributed by atoms with Crippen molar-refractivity contribution in [2.24, 2.45) is 0 Å². The molecule has 1 aromatic heterocycles. The molecule has 2 nitrogen and oxygen atoms in total. The van der Waals surface area contributed by atoms with Crippen LogP contribution in [0, 0.1) is 3.70 Å². The zero-order chi connectivity index (χ0) is 13.3. The lowest BCUT2D eigenvalue weighted by Crippen LogP contribution is -2.10. The van der Waals surface area contributed by atoms with Crippen molar-refractivity contribution in [2.75, 3.05) is 0 Å².